The van der Waals surface area contributed by atoms with E-state index in [9.17, 15) is 0 Å². The zero-order chi connectivity index (χ0) is 11.0. The smallest absolute Gasteiger partial charge is 0.194 e. The Bertz CT molecular complexity index is 642. The lowest BCUT2D eigenvalue weighted by Gasteiger charge is -1.95. The second-order valence-electron chi connectivity index (χ2n) is 3.38. The van der Waals surface area contributed by atoms with Crippen molar-refractivity contribution in [2.24, 2.45) is 0 Å². The van der Waals surface area contributed by atoms with Crippen molar-refractivity contribution in [2.45, 2.75) is 0 Å². The van der Waals surface area contributed by atoms with Gasteiger partial charge in [-0.15, -0.1) is 11.3 Å². The van der Waals surface area contributed by atoms with Crippen LogP contribution in [0.3, 0.4) is 0 Å². The molecule has 0 unspecified atom stereocenters. The summed E-state index contributed by atoms with van der Waals surface area (Å²) in [5, 5.41) is 2.01. The topological polar surface area (TPSA) is 21.7 Å². The van der Waals surface area contributed by atoms with Gasteiger partial charge in [0.25, 0.3) is 0 Å². The summed E-state index contributed by atoms with van der Waals surface area (Å²) in [6.45, 7) is 6.89. The van der Waals surface area contributed by atoms with Gasteiger partial charge < -0.3 is 0 Å². The lowest BCUT2D eigenvalue weighted by molar-refractivity contribution is 1.23. The second kappa shape index (κ2) is 3.47. The summed E-state index contributed by atoms with van der Waals surface area (Å²) in [7, 11) is 0. The summed E-state index contributed by atoms with van der Waals surface area (Å²) >= 11 is 1.61. The number of benzene rings is 1. The van der Waals surface area contributed by atoms with Crippen LogP contribution in [0.5, 0.6) is 0 Å². The van der Waals surface area contributed by atoms with E-state index in [0.717, 1.165) is 16.2 Å². The van der Waals surface area contributed by atoms with Crippen LogP contribution < -0.4 is 0 Å². The molecule has 16 heavy (non-hydrogen) atoms. The maximum absolute atomic E-state index is 6.89. The largest absolute Gasteiger partial charge is 0.297 e. The van der Waals surface area contributed by atoms with E-state index in [-0.39, 0.29) is 0 Å². The van der Waals surface area contributed by atoms with Crippen molar-refractivity contribution >= 4 is 22.0 Å². The highest BCUT2D eigenvalue weighted by atomic mass is 32.1. The molecule has 0 fully saturated rings. The molecule has 1 aromatic carbocycles. The van der Waals surface area contributed by atoms with Crippen LogP contribution in [0, 0.1) is 6.57 Å². The average molecular weight is 225 g/mol. The zero-order valence-corrected chi connectivity index (χ0v) is 9.11. The first-order valence-corrected chi connectivity index (χ1v) is 5.65. The Morgan fingerprint density at radius 2 is 2.06 bits per heavy atom. The van der Waals surface area contributed by atoms with Gasteiger partial charge in [0.15, 0.2) is 10.6 Å². The van der Waals surface area contributed by atoms with Gasteiger partial charge in [-0.25, -0.2) is 9.83 Å². The highest BCUT2D eigenvalue weighted by molar-refractivity contribution is 7.15. The van der Waals surface area contributed by atoms with Crippen LogP contribution in [0.15, 0.2) is 42.0 Å². The van der Waals surface area contributed by atoms with Crippen molar-refractivity contribution < 1.29 is 0 Å². The summed E-state index contributed by atoms with van der Waals surface area (Å²) in [5.74, 6) is 0. The molecule has 0 aliphatic rings. The minimum atomic E-state index is 0.657. The second-order valence-corrected chi connectivity index (χ2v) is 4.25. The van der Waals surface area contributed by atoms with Crippen molar-refractivity contribution in [2.75, 3.05) is 0 Å². The molecule has 0 atom stereocenters. The van der Waals surface area contributed by atoms with Crippen LogP contribution in [0.4, 0.5) is 5.69 Å². The molecule has 3 aromatic rings. The average Bonchev–Trinajstić information content (AvgIpc) is 2.89. The van der Waals surface area contributed by atoms with Gasteiger partial charge in [0.2, 0.25) is 0 Å². The molecule has 0 spiro atoms. The summed E-state index contributed by atoms with van der Waals surface area (Å²) < 4.78 is 2.00. The van der Waals surface area contributed by atoms with E-state index in [1.807, 2.05) is 46.4 Å². The quantitative estimate of drug-likeness (QED) is 0.580. The fourth-order valence-corrected chi connectivity index (χ4v) is 2.27. The zero-order valence-electron chi connectivity index (χ0n) is 8.29. The van der Waals surface area contributed by atoms with Crippen LogP contribution >= 0.6 is 11.3 Å². The first-order chi connectivity index (χ1) is 7.86. The highest BCUT2D eigenvalue weighted by Crippen LogP contribution is 2.23. The molecular formula is C12H7N3S. The Hall–Kier alpha value is -2.12. The van der Waals surface area contributed by atoms with Crippen molar-refractivity contribution in [3.63, 3.8) is 0 Å². The predicted molar refractivity (Wildman–Crippen MR) is 64.8 cm³/mol. The number of imidazole rings is 1. The molecule has 2 heterocycles. The van der Waals surface area contributed by atoms with Gasteiger partial charge in [-0.2, -0.15) is 0 Å². The molecule has 0 radical (unpaired) electrons. The van der Waals surface area contributed by atoms with Crippen LogP contribution in [0.2, 0.25) is 0 Å². The molecule has 76 valence electrons. The number of nitrogens with zero attached hydrogens (tertiary/aromatic N) is 3. The molecule has 2 aromatic heterocycles. The third kappa shape index (κ3) is 1.38. The Morgan fingerprint density at radius 1 is 1.25 bits per heavy atom. The number of fused-ring (bicyclic) bond motifs is 1. The molecule has 0 N–H and O–H groups in total. The lowest BCUT2D eigenvalue weighted by Crippen LogP contribution is -1.75. The summed E-state index contributed by atoms with van der Waals surface area (Å²) in [6, 6.07) is 7.49. The standard InChI is InChI=1S/C12H7N3S/c1-13-10-4-2-9(3-5-10)11-8-15-6-7-16-12(15)14-11/h2-8H. The van der Waals surface area contributed by atoms with Crippen LogP contribution in [0.1, 0.15) is 0 Å². The molecule has 0 saturated carbocycles. The Balaban J connectivity index is 2.09. The third-order valence-corrected chi connectivity index (χ3v) is 3.16. The number of hydrogen-bond donors (Lipinski definition) is 0. The van der Waals surface area contributed by atoms with E-state index in [2.05, 4.69) is 9.83 Å². The van der Waals surface area contributed by atoms with E-state index in [4.69, 9.17) is 6.57 Å². The molecule has 0 saturated heterocycles. The van der Waals surface area contributed by atoms with Crippen LogP contribution in [-0.4, -0.2) is 9.38 Å². The highest BCUT2D eigenvalue weighted by Gasteiger charge is 2.04. The fourth-order valence-electron chi connectivity index (χ4n) is 1.57. The van der Waals surface area contributed by atoms with Crippen molar-refractivity contribution in [3.8, 4) is 11.3 Å². The molecule has 0 aliphatic heterocycles. The summed E-state index contributed by atoms with van der Waals surface area (Å²) in [5.41, 5.74) is 2.65. The Kier molecular flexibility index (Phi) is 1.98. The van der Waals surface area contributed by atoms with Crippen LogP contribution in [0.25, 0.3) is 21.1 Å². The van der Waals surface area contributed by atoms with Crippen LogP contribution in [-0.2, 0) is 0 Å². The molecule has 0 bridgehead atoms. The van der Waals surface area contributed by atoms with E-state index in [1.165, 1.54) is 0 Å². The number of aromatic nitrogens is 2. The maximum atomic E-state index is 6.89. The van der Waals surface area contributed by atoms with Crippen molar-refractivity contribution in [1.29, 1.82) is 0 Å². The van der Waals surface area contributed by atoms with E-state index >= 15 is 0 Å². The fraction of sp³-hybridized carbons (Fsp3) is 0. The van der Waals surface area contributed by atoms with Gasteiger partial charge in [-0.1, -0.05) is 24.3 Å². The lowest BCUT2D eigenvalue weighted by atomic mass is 10.1. The predicted octanol–water partition coefficient (Wildman–Crippen LogP) is 3.61. The molecule has 0 amide bonds. The summed E-state index contributed by atoms with van der Waals surface area (Å²) in [4.78, 5) is 8.86. The minimum Gasteiger partial charge on any atom is -0.297 e. The first-order valence-electron chi connectivity index (χ1n) is 4.77. The molecule has 3 rings (SSSR count). The molecular weight excluding hydrogens is 218 g/mol. The Morgan fingerprint density at radius 3 is 2.75 bits per heavy atom. The van der Waals surface area contributed by atoms with Gasteiger partial charge in [0.05, 0.1) is 12.3 Å². The van der Waals surface area contributed by atoms with Gasteiger partial charge in [0.1, 0.15) is 0 Å². The van der Waals surface area contributed by atoms with Crippen molar-refractivity contribution in [1.82, 2.24) is 9.38 Å². The number of thiazole rings is 1. The van der Waals surface area contributed by atoms with E-state index in [1.54, 1.807) is 11.3 Å². The number of hydrogen-bond acceptors (Lipinski definition) is 2. The third-order valence-electron chi connectivity index (χ3n) is 2.39. The molecule has 3 nitrogen and oxygen atoms in total. The number of rotatable bonds is 1. The summed E-state index contributed by atoms with van der Waals surface area (Å²) in [6.07, 6.45) is 3.99. The Labute approximate surface area is 96.4 Å². The van der Waals surface area contributed by atoms with E-state index in [0.29, 0.717) is 5.69 Å². The molecule has 0 aliphatic carbocycles. The maximum Gasteiger partial charge on any atom is 0.194 e. The van der Waals surface area contributed by atoms with Gasteiger partial charge >= 0.3 is 0 Å². The van der Waals surface area contributed by atoms with Crippen molar-refractivity contribution in [3.05, 3.63) is 53.5 Å². The van der Waals surface area contributed by atoms with E-state index < -0.39 is 0 Å². The van der Waals surface area contributed by atoms with Gasteiger partial charge in [-0.3, -0.25) is 4.40 Å². The SMILES string of the molecule is [C-]#[N+]c1ccc(-c2cn3ccsc3n2)cc1. The first kappa shape index (κ1) is 9.13. The molecule has 4 heteroatoms. The normalized spacial score (nSPS) is 10.4. The van der Waals surface area contributed by atoms with Gasteiger partial charge in [0, 0.05) is 17.8 Å². The van der Waals surface area contributed by atoms with Gasteiger partial charge in [-0.05, 0) is 5.56 Å². The minimum absolute atomic E-state index is 0.657. The monoisotopic (exact) mass is 225 g/mol.